The topological polar surface area (TPSA) is 179 Å². The molecular weight excluding hydrogens is 380 g/mol. The highest BCUT2D eigenvalue weighted by atomic mass is 16.4. The summed E-state index contributed by atoms with van der Waals surface area (Å²) in [6.07, 6.45) is 3.61. The van der Waals surface area contributed by atoms with Gasteiger partial charge in [-0.25, -0.2) is 4.98 Å². The minimum Gasteiger partial charge on any atom is -0.480 e. The van der Waals surface area contributed by atoms with E-state index in [0.29, 0.717) is 12.1 Å². The number of imidazole rings is 1. The van der Waals surface area contributed by atoms with E-state index in [1.165, 1.54) is 20.2 Å². The van der Waals surface area contributed by atoms with Crippen molar-refractivity contribution in [3.8, 4) is 0 Å². The van der Waals surface area contributed by atoms with E-state index < -0.39 is 47.9 Å². The van der Waals surface area contributed by atoms with E-state index in [9.17, 15) is 19.2 Å². The highest BCUT2D eigenvalue weighted by Crippen LogP contribution is 2.07. The average molecular weight is 410 g/mol. The zero-order valence-corrected chi connectivity index (χ0v) is 17.1. The molecule has 0 saturated heterocycles. The second-order valence-corrected chi connectivity index (χ2v) is 7.38. The van der Waals surface area contributed by atoms with Gasteiger partial charge in [-0.15, -0.1) is 0 Å². The van der Waals surface area contributed by atoms with E-state index in [4.69, 9.17) is 10.8 Å². The summed E-state index contributed by atoms with van der Waals surface area (Å²) < 4.78 is 0. The Kier molecular flexibility index (Phi) is 9.26. The number of H-pyrrole nitrogens is 1. The van der Waals surface area contributed by atoms with Gasteiger partial charge in [-0.1, -0.05) is 13.8 Å². The van der Waals surface area contributed by atoms with Crippen LogP contribution < -0.4 is 21.7 Å². The van der Waals surface area contributed by atoms with Gasteiger partial charge in [-0.05, 0) is 26.2 Å². The van der Waals surface area contributed by atoms with E-state index in [-0.39, 0.29) is 12.3 Å². The number of carbonyl (C=O) groups excluding carboxylic acids is 3. The first-order valence-electron chi connectivity index (χ1n) is 9.38. The summed E-state index contributed by atoms with van der Waals surface area (Å²) in [5.74, 6) is -2.79. The number of amides is 3. The molecule has 0 aliphatic carbocycles. The summed E-state index contributed by atoms with van der Waals surface area (Å²) in [4.78, 5) is 54.6. The highest BCUT2D eigenvalue weighted by Gasteiger charge is 2.28. The molecule has 4 atom stereocenters. The molecule has 29 heavy (non-hydrogen) atoms. The fourth-order valence-electron chi connectivity index (χ4n) is 2.49. The molecule has 3 amide bonds. The van der Waals surface area contributed by atoms with Crippen molar-refractivity contribution in [2.75, 3.05) is 0 Å². The van der Waals surface area contributed by atoms with Crippen LogP contribution in [0.2, 0.25) is 0 Å². The molecule has 0 bridgehead atoms. The third kappa shape index (κ3) is 8.30. The number of aliphatic carboxylic acids is 1. The summed E-state index contributed by atoms with van der Waals surface area (Å²) in [5, 5.41) is 16.3. The Morgan fingerprint density at radius 2 is 1.66 bits per heavy atom. The predicted molar refractivity (Wildman–Crippen MR) is 104 cm³/mol. The number of carboxylic acid groups (broad SMARTS) is 1. The molecule has 0 aliphatic rings. The largest absolute Gasteiger partial charge is 0.480 e. The number of hydrogen-bond donors (Lipinski definition) is 6. The number of nitrogens with one attached hydrogen (secondary N) is 4. The van der Waals surface area contributed by atoms with Crippen LogP contribution in [0.5, 0.6) is 0 Å². The maximum atomic E-state index is 12.6. The van der Waals surface area contributed by atoms with Crippen molar-refractivity contribution in [1.82, 2.24) is 25.9 Å². The van der Waals surface area contributed by atoms with Crippen molar-refractivity contribution in [3.63, 3.8) is 0 Å². The minimum absolute atomic E-state index is 0.0889. The first kappa shape index (κ1) is 24.1. The molecule has 0 saturated carbocycles. The van der Waals surface area contributed by atoms with Crippen LogP contribution in [0.3, 0.4) is 0 Å². The molecule has 11 heteroatoms. The number of aromatic amines is 1. The van der Waals surface area contributed by atoms with Gasteiger partial charge in [0.2, 0.25) is 17.7 Å². The average Bonchev–Trinajstić information content (AvgIpc) is 3.13. The Morgan fingerprint density at radius 1 is 1.03 bits per heavy atom. The summed E-state index contributed by atoms with van der Waals surface area (Å²) in [6, 6.07) is -3.83. The van der Waals surface area contributed by atoms with Gasteiger partial charge >= 0.3 is 5.97 Å². The lowest BCUT2D eigenvalue weighted by Gasteiger charge is -2.24. The van der Waals surface area contributed by atoms with Crippen molar-refractivity contribution >= 4 is 23.7 Å². The SMILES string of the molecule is CC(C)CC(NC(=O)C(N)Cc1cnc[nH]1)C(=O)NC(C)C(=O)NC(C)C(=O)O. The molecule has 162 valence electrons. The van der Waals surface area contributed by atoms with Gasteiger partial charge in [-0.2, -0.15) is 0 Å². The molecule has 0 spiro atoms. The number of carbonyl (C=O) groups is 4. The van der Waals surface area contributed by atoms with Gasteiger partial charge in [0.15, 0.2) is 0 Å². The monoisotopic (exact) mass is 410 g/mol. The number of aromatic nitrogens is 2. The Bertz CT molecular complexity index is 706. The van der Waals surface area contributed by atoms with Crippen LogP contribution in [0.1, 0.15) is 39.8 Å². The smallest absolute Gasteiger partial charge is 0.325 e. The molecule has 0 radical (unpaired) electrons. The third-order valence-corrected chi connectivity index (χ3v) is 4.15. The molecule has 1 aromatic heterocycles. The summed E-state index contributed by atoms with van der Waals surface area (Å²) in [5.41, 5.74) is 6.60. The molecule has 0 aliphatic heterocycles. The predicted octanol–water partition coefficient (Wildman–Crippen LogP) is -1.10. The second kappa shape index (κ2) is 11.1. The van der Waals surface area contributed by atoms with Gasteiger partial charge in [0.05, 0.1) is 12.4 Å². The van der Waals surface area contributed by atoms with Crippen LogP contribution in [0.25, 0.3) is 0 Å². The van der Waals surface area contributed by atoms with E-state index in [2.05, 4.69) is 25.9 Å². The zero-order valence-electron chi connectivity index (χ0n) is 17.1. The fraction of sp³-hybridized carbons (Fsp3) is 0.611. The number of nitrogens with two attached hydrogens (primary N) is 1. The van der Waals surface area contributed by atoms with Crippen LogP contribution in [0, 0.1) is 5.92 Å². The second-order valence-electron chi connectivity index (χ2n) is 7.38. The lowest BCUT2D eigenvalue weighted by atomic mass is 10.0. The lowest BCUT2D eigenvalue weighted by Crippen LogP contribution is -2.56. The fourth-order valence-corrected chi connectivity index (χ4v) is 2.49. The van der Waals surface area contributed by atoms with Crippen molar-refractivity contribution in [2.24, 2.45) is 11.7 Å². The maximum absolute atomic E-state index is 12.6. The van der Waals surface area contributed by atoms with Crippen molar-refractivity contribution in [2.45, 2.75) is 64.7 Å². The molecular formula is C18H30N6O5. The molecule has 0 aromatic carbocycles. The normalized spacial score (nSPS) is 15.1. The van der Waals surface area contributed by atoms with Gasteiger partial charge in [0, 0.05) is 18.3 Å². The summed E-state index contributed by atoms with van der Waals surface area (Å²) >= 11 is 0. The molecule has 7 N–H and O–H groups in total. The molecule has 0 fully saturated rings. The van der Waals surface area contributed by atoms with Crippen LogP contribution in [0.15, 0.2) is 12.5 Å². The Labute approximate surface area is 169 Å². The van der Waals surface area contributed by atoms with Crippen molar-refractivity contribution in [3.05, 3.63) is 18.2 Å². The van der Waals surface area contributed by atoms with E-state index >= 15 is 0 Å². The highest BCUT2D eigenvalue weighted by molar-refractivity contribution is 5.93. The molecule has 1 rings (SSSR count). The molecule has 11 nitrogen and oxygen atoms in total. The van der Waals surface area contributed by atoms with Gasteiger partial charge < -0.3 is 31.8 Å². The standard InChI is InChI=1S/C18H30N6O5/c1-9(2)5-14(24-16(26)13(19)6-12-7-20-8-21-12)17(27)22-10(3)15(25)23-11(4)18(28)29/h7-11,13-14H,5-6,19H2,1-4H3,(H,20,21)(H,22,27)(H,23,25)(H,24,26)(H,28,29). The van der Waals surface area contributed by atoms with E-state index in [1.54, 1.807) is 6.20 Å². The quantitative estimate of drug-likeness (QED) is 0.268. The van der Waals surface area contributed by atoms with Crippen LogP contribution >= 0.6 is 0 Å². The molecule has 4 unspecified atom stereocenters. The molecule has 1 aromatic rings. The first-order chi connectivity index (χ1) is 13.5. The van der Waals surface area contributed by atoms with Crippen LogP contribution in [0.4, 0.5) is 0 Å². The van der Waals surface area contributed by atoms with Crippen molar-refractivity contribution < 1.29 is 24.3 Å². The summed E-state index contributed by atoms with van der Waals surface area (Å²) in [7, 11) is 0. The Hall–Kier alpha value is -2.95. The summed E-state index contributed by atoms with van der Waals surface area (Å²) in [6.45, 7) is 6.53. The van der Waals surface area contributed by atoms with Crippen LogP contribution in [-0.4, -0.2) is 62.9 Å². The lowest BCUT2D eigenvalue weighted by molar-refractivity contribution is -0.141. The van der Waals surface area contributed by atoms with E-state index in [1.807, 2.05) is 13.8 Å². The first-order valence-corrected chi connectivity index (χ1v) is 9.38. The van der Waals surface area contributed by atoms with Gasteiger partial charge in [-0.3, -0.25) is 19.2 Å². The zero-order chi connectivity index (χ0) is 22.1. The van der Waals surface area contributed by atoms with Crippen LogP contribution in [-0.2, 0) is 25.6 Å². The number of rotatable bonds is 11. The van der Waals surface area contributed by atoms with Crippen molar-refractivity contribution in [1.29, 1.82) is 0 Å². The number of carboxylic acids is 1. The van der Waals surface area contributed by atoms with Gasteiger partial charge in [0.25, 0.3) is 0 Å². The van der Waals surface area contributed by atoms with E-state index in [0.717, 1.165) is 0 Å². The molecule has 1 heterocycles. The third-order valence-electron chi connectivity index (χ3n) is 4.15. The maximum Gasteiger partial charge on any atom is 0.325 e. The Morgan fingerprint density at radius 3 is 2.17 bits per heavy atom. The number of nitrogens with zero attached hydrogens (tertiary/aromatic N) is 1. The number of hydrogen-bond acceptors (Lipinski definition) is 6. The van der Waals surface area contributed by atoms with Gasteiger partial charge in [0.1, 0.15) is 18.1 Å². The Balaban J connectivity index is 2.70. The minimum atomic E-state index is -1.19.